The molecular formula is C19H25N3O5. The predicted molar refractivity (Wildman–Crippen MR) is 99.8 cm³/mol. The second kappa shape index (κ2) is 8.37. The molecule has 0 atom stereocenters. The third-order valence-corrected chi connectivity index (χ3v) is 5.43. The standard InChI is InChI=1S/C19H25N3O5/c1-27-19(24)14-7-11-21(12-8-14)18(23)16-13-15(22(25)26)5-6-17(16)20-9-3-2-4-10-20/h5-6,13-14H,2-4,7-12H2,1H3. The summed E-state index contributed by atoms with van der Waals surface area (Å²) in [6.45, 7) is 2.59. The highest BCUT2D eigenvalue weighted by Crippen LogP contribution is 2.30. The van der Waals surface area contributed by atoms with Crippen molar-refractivity contribution in [2.24, 2.45) is 5.92 Å². The lowest BCUT2D eigenvalue weighted by atomic mass is 9.96. The molecule has 0 aromatic heterocycles. The molecule has 2 aliphatic heterocycles. The molecule has 1 aromatic rings. The first-order chi connectivity index (χ1) is 13.0. The Morgan fingerprint density at radius 3 is 2.37 bits per heavy atom. The molecule has 0 radical (unpaired) electrons. The van der Waals surface area contributed by atoms with Crippen molar-refractivity contribution in [3.63, 3.8) is 0 Å². The number of esters is 1. The Labute approximate surface area is 158 Å². The first kappa shape index (κ1) is 19.1. The number of nitro groups is 1. The van der Waals surface area contributed by atoms with Crippen LogP contribution in [0.4, 0.5) is 11.4 Å². The van der Waals surface area contributed by atoms with Crippen LogP contribution in [0.3, 0.4) is 0 Å². The van der Waals surface area contributed by atoms with Crippen LogP contribution in [0, 0.1) is 16.0 Å². The van der Waals surface area contributed by atoms with Crippen LogP contribution in [0.2, 0.25) is 0 Å². The number of rotatable bonds is 4. The van der Waals surface area contributed by atoms with Gasteiger partial charge in [0.2, 0.25) is 0 Å². The molecule has 2 fully saturated rings. The summed E-state index contributed by atoms with van der Waals surface area (Å²) in [7, 11) is 1.37. The quantitative estimate of drug-likeness (QED) is 0.456. The summed E-state index contributed by atoms with van der Waals surface area (Å²) in [5, 5.41) is 11.2. The number of anilines is 1. The van der Waals surface area contributed by atoms with Crippen LogP contribution in [0.1, 0.15) is 42.5 Å². The number of likely N-dealkylation sites (tertiary alicyclic amines) is 1. The van der Waals surface area contributed by atoms with Gasteiger partial charge < -0.3 is 14.5 Å². The van der Waals surface area contributed by atoms with Crippen molar-refractivity contribution in [1.29, 1.82) is 0 Å². The molecule has 0 bridgehead atoms. The lowest BCUT2D eigenvalue weighted by molar-refractivity contribution is -0.384. The second-order valence-electron chi connectivity index (χ2n) is 7.10. The zero-order valence-corrected chi connectivity index (χ0v) is 15.6. The molecule has 27 heavy (non-hydrogen) atoms. The topological polar surface area (TPSA) is 93.0 Å². The summed E-state index contributed by atoms with van der Waals surface area (Å²) in [6.07, 6.45) is 4.36. The smallest absolute Gasteiger partial charge is 0.308 e. The molecular weight excluding hydrogens is 350 g/mol. The van der Waals surface area contributed by atoms with Crippen LogP contribution in [-0.2, 0) is 9.53 Å². The Kier molecular flexibility index (Phi) is 5.93. The van der Waals surface area contributed by atoms with Crippen LogP contribution >= 0.6 is 0 Å². The van der Waals surface area contributed by atoms with Gasteiger partial charge in [-0.05, 0) is 38.2 Å². The van der Waals surface area contributed by atoms with Gasteiger partial charge in [0.05, 0.1) is 29.2 Å². The van der Waals surface area contributed by atoms with Crippen LogP contribution in [-0.4, -0.2) is 55.0 Å². The Morgan fingerprint density at radius 2 is 1.78 bits per heavy atom. The van der Waals surface area contributed by atoms with Crippen molar-refractivity contribution in [3.8, 4) is 0 Å². The molecule has 2 heterocycles. The fraction of sp³-hybridized carbons (Fsp3) is 0.579. The lowest BCUT2D eigenvalue weighted by Crippen LogP contribution is -2.41. The van der Waals surface area contributed by atoms with E-state index in [4.69, 9.17) is 4.74 Å². The minimum absolute atomic E-state index is 0.0800. The van der Waals surface area contributed by atoms with Gasteiger partial charge in [0.15, 0.2) is 0 Å². The van der Waals surface area contributed by atoms with Crippen LogP contribution < -0.4 is 4.90 Å². The number of hydrogen-bond acceptors (Lipinski definition) is 6. The molecule has 0 saturated carbocycles. The molecule has 1 amide bonds. The number of carbonyl (C=O) groups is 2. The van der Waals surface area contributed by atoms with Crippen LogP contribution in [0.5, 0.6) is 0 Å². The van der Waals surface area contributed by atoms with Crippen molar-refractivity contribution in [3.05, 3.63) is 33.9 Å². The van der Waals surface area contributed by atoms with Gasteiger partial charge in [-0.15, -0.1) is 0 Å². The normalized spacial score (nSPS) is 18.3. The summed E-state index contributed by atoms with van der Waals surface area (Å²) in [4.78, 5) is 39.4. The molecule has 0 N–H and O–H groups in total. The van der Waals surface area contributed by atoms with E-state index in [1.54, 1.807) is 11.0 Å². The zero-order chi connectivity index (χ0) is 19.4. The van der Waals surface area contributed by atoms with Gasteiger partial charge >= 0.3 is 5.97 Å². The summed E-state index contributed by atoms with van der Waals surface area (Å²) >= 11 is 0. The third-order valence-electron chi connectivity index (χ3n) is 5.43. The number of nitro benzene ring substituents is 1. The Balaban J connectivity index is 1.82. The number of nitrogens with zero attached hydrogens (tertiary/aromatic N) is 3. The highest BCUT2D eigenvalue weighted by atomic mass is 16.6. The summed E-state index contributed by atoms with van der Waals surface area (Å²) in [6, 6.07) is 4.54. The van der Waals surface area contributed by atoms with Crippen LogP contribution in [0.15, 0.2) is 18.2 Å². The number of benzene rings is 1. The minimum Gasteiger partial charge on any atom is -0.469 e. The molecule has 2 saturated heterocycles. The minimum atomic E-state index is -0.472. The average molecular weight is 375 g/mol. The van der Waals surface area contributed by atoms with E-state index in [0.717, 1.165) is 38.0 Å². The Morgan fingerprint density at radius 1 is 1.11 bits per heavy atom. The average Bonchev–Trinajstić information content (AvgIpc) is 2.73. The van der Waals surface area contributed by atoms with Gasteiger partial charge in [-0.3, -0.25) is 19.7 Å². The number of methoxy groups -OCH3 is 1. The van der Waals surface area contributed by atoms with E-state index < -0.39 is 4.92 Å². The van der Waals surface area contributed by atoms with E-state index in [2.05, 4.69) is 4.90 Å². The highest BCUT2D eigenvalue weighted by molar-refractivity contribution is 6.00. The molecule has 8 heteroatoms. The summed E-state index contributed by atoms with van der Waals surface area (Å²) in [5.41, 5.74) is 1.06. The lowest BCUT2D eigenvalue weighted by Gasteiger charge is -2.34. The summed E-state index contributed by atoms with van der Waals surface area (Å²) < 4.78 is 4.79. The number of ether oxygens (including phenoxy) is 1. The highest BCUT2D eigenvalue weighted by Gasteiger charge is 2.31. The van der Waals surface area contributed by atoms with Crippen LogP contribution in [0.25, 0.3) is 0 Å². The van der Waals surface area contributed by atoms with E-state index in [1.807, 2.05) is 0 Å². The van der Waals surface area contributed by atoms with Gasteiger partial charge in [0, 0.05) is 38.3 Å². The SMILES string of the molecule is COC(=O)C1CCN(C(=O)c2cc([N+](=O)[O-])ccc2N2CCCCC2)CC1. The largest absolute Gasteiger partial charge is 0.469 e. The van der Waals surface area contributed by atoms with E-state index >= 15 is 0 Å². The maximum absolute atomic E-state index is 13.1. The van der Waals surface area contributed by atoms with Crippen molar-refractivity contribution in [1.82, 2.24) is 4.90 Å². The summed E-state index contributed by atoms with van der Waals surface area (Å²) in [5.74, 6) is -0.639. The number of non-ortho nitro benzene ring substituents is 1. The Hall–Kier alpha value is -2.64. The zero-order valence-electron chi connectivity index (χ0n) is 15.6. The molecule has 0 unspecified atom stereocenters. The van der Waals surface area contributed by atoms with Gasteiger partial charge in [-0.1, -0.05) is 0 Å². The first-order valence-corrected chi connectivity index (χ1v) is 9.41. The fourth-order valence-corrected chi connectivity index (χ4v) is 3.87. The first-order valence-electron chi connectivity index (χ1n) is 9.41. The van der Waals surface area contributed by atoms with Crippen molar-refractivity contribution in [2.75, 3.05) is 38.2 Å². The fourth-order valence-electron chi connectivity index (χ4n) is 3.87. The maximum Gasteiger partial charge on any atom is 0.308 e. The Bertz CT molecular complexity index is 722. The third kappa shape index (κ3) is 4.20. The van der Waals surface area contributed by atoms with E-state index in [-0.39, 0.29) is 23.5 Å². The van der Waals surface area contributed by atoms with Gasteiger partial charge in [-0.25, -0.2) is 0 Å². The number of amides is 1. The predicted octanol–water partition coefficient (Wildman–Crippen LogP) is 2.61. The molecule has 2 aliphatic rings. The van der Waals surface area contributed by atoms with Gasteiger partial charge in [0.1, 0.15) is 0 Å². The van der Waals surface area contributed by atoms with Gasteiger partial charge in [0.25, 0.3) is 11.6 Å². The molecule has 1 aromatic carbocycles. The van der Waals surface area contributed by atoms with E-state index in [9.17, 15) is 19.7 Å². The second-order valence-corrected chi connectivity index (χ2v) is 7.10. The number of carbonyl (C=O) groups excluding carboxylic acids is 2. The molecule has 0 aliphatic carbocycles. The van der Waals surface area contributed by atoms with Crippen molar-refractivity contribution < 1.29 is 19.2 Å². The van der Waals surface area contributed by atoms with Crippen molar-refractivity contribution >= 4 is 23.3 Å². The number of piperidine rings is 2. The van der Waals surface area contributed by atoms with E-state index in [1.165, 1.54) is 19.2 Å². The number of hydrogen-bond donors (Lipinski definition) is 0. The molecule has 3 rings (SSSR count). The molecule has 8 nitrogen and oxygen atoms in total. The molecule has 0 spiro atoms. The maximum atomic E-state index is 13.1. The van der Waals surface area contributed by atoms with Gasteiger partial charge in [-0.2, -0.15) is 0 Å². The van der Waals surface area contributed by atoms with E-state index in [0.29, 0.717) is 31.5 Å². The van der Waals surface area contributed by atoms with Crippen molar-refractivity contribution in [2.45, 2.75) is 32.1 Å². The molecule has 146 valence electrons. The monoisotopic (exact) mass is 375 g/mol.